The lowest BCUT2D eigenvalue weighted by molar-refractivity contribution is -0.155. The van der Waals surface area contributed by atoms with E-state index in [4.69, 9.17) is 15.6 Å². The molecular formula is C13H24N2O5. The molecule has 7 heteroatoms. The molecule has 1 amide bonds. The highest BCUT2D eigenvalue weighted by Crippen LogP contribution is 2.09. The number of ether oxygens (including phenoxy) is 1. The standard InChI is InChI=1S/C13H24N2O5/c1-5-9(12(18)19)15-11(17)8(14)6-7-10(16)20-13(2,3)4/h8-9H,5-7,14H2,1-4H3,(H,15,17)(H,18,19). The van der Waals surface area contributed by atoms with Gasteiger partial charge in [-0.05, 0) is 33.6 Å². The normalized spacial score (nSPS) is 14.2. The van der Waals surface area contributed by atoms with Gasteiger partial charge in [0.15, 0.2) is 0 Å². The third-order valence-electron chi connectivity index (χ3n) is 2.44. The number of aliphatic carboxylic acids is 1. The van der Waals surface area contributed by atoms with Gasteiger partial charge in [-0.2, -0.15) is 0 Å². The van der Waals surface area contributed by atoms with Gasteiger partial charge in [0.25, 0.3) is 0 Å². The Labute approximate surface area is 118 Å². The Morgan fingerprint density at radius 1 is 1.30 bits per heavy atom. The van der Waals surface area contributed by atoms with E-state index in [1.165, 1.54) is 0 Å². The van der Waals surface area contributed by atoms with E-state index in [-0.39, 0.29) is 19.3 Å². The molecule has 0 aliphatic carbocycles. The van der Waals surface area contributed by atoms with Gasteiger partial charge in [0.1, 0.15) is 11.6 Å². The average molecular weight is 288 g/mol. The lowest BCUT2D eigenvalue weighted by Gasteiger charge is -2.20. The third kappa shape index (κ3) is 7.73. The number of carbonyl (C=O) groups excluding carboxylic acids is 2. The molecule has 0 saturated carbocycles. The number of hydrogen-bond donors (Lipinski definition) is 3. The van der Waals surface area contributed by atoms with Crippen molar-refractivity contribution in [3.05, 3.63) is 0 Å². The maximum atomic E-state index is 11.7. The van der Waals surface area contributed by atoms with Crippen LogP contribution in [0.25, 0.3) is 0 Å². The second kappa shape index (κ2) is 7.84. The van der Waals surface area contributed by atoms with Crippen LogP contribution in [-0.4, -0.2) is 40.6 Å². The molecule has 0 radical (unpaired) electrons. The predicted molar refractivity (Wildman–Crippen MR) is 72.9 cm³/mol. The smallest absolute Gasteiger partial charge is 0.326 e. The zero-order valence-electron chi connectivity index (χ0n) is 12.4. The molecule has 0 heterocycles. The first kappa shape index (κ1) is 18.4. The Morgan fingerprint density at radius 2 is 1.85 bits per heavy atom. The minimum Gasteiger partial charge on any atom is -0.480 e. The number of carbonyl (C=O) groups is 3. The van der Waals surface area contributed by atoms with Crippen molar-refractivity contribution < 1.29 is 24.2 Å². The molecule has 0 aromatic carbocycles. The van der Waals surface area contributed by atoms with Gasteiger partial charge in [-0.15, -0.1) is 0 Å². The van der Waals surface area contributed by atoms with Gasteiger partial charge in [0.05, 0.1) is 6.04 Å². The lowest BCUT2D eigenvalue weighted by atomic mass is 10.1. The van der Waals surface area contributed by atoms with Gasteiger partial charge < -0.3 is 20.9 Å². The molecule has 0 aromatic rings. The van der Waals surface area contributed by atoms with E-state index < -0.39 is 35.5 Å². The molecule has 2 unspecified atom stereocenters. The summed E-state index contributed by atoms with van der Waals surface area (Å²) in [7, 11) is 0. The fraction of sp³-hybridized carbons (Fsp3) is 0.769. The second-order valence-electron chi connectivity index (χ2n) is 5.54. The SMILES string of the molecule is CCC(NC(=O)C(N)CCC(=O)OC(C)(C)C)C(=O)O. The summed E-state index contributed by atoms with van der Waals surface area (Å²) in [4.78, 5) is 33.9. The van der Waals surface area contributed by atoms with Gasteiger partial charge in [-0.25, -0.2) is 4.79 Å². The summed E-state index contributed by atoms with van der Waals surface area (Å²) in [5.41, 5.74) is 5.04. The fourth-order valence-electron chi connectivity index (χ4n) is 1.41. The number of carboxylic acid groups (broad SMARTS) is 1. The molecule has 0 aliphatic rings. The summed E-state index contributed by atoms with van der Waals surface area (Å²) >= 11 is 0. The van der Waals surface area contributed by atoms with E-state index in [9.17, 15) is 14.4 Å². The van der Waals surface area contributed by atoms with Gasteiger partial charge in [-0.3, -0.25) is 9.59 Å². The van der Waals surface area contributed by atoms with Crippen LogP contribution in [0.5, 0.6) is 0 Å². The van der Waals surface area contributed by atoms with Gasteiger partial charge in [0, 0.05) is 6.42 Å². The van der Waals surface area contributed by atoms with Crippen LogP contribution in [0.3, 0.4) is 0 Å². The van der Waals surface area contributed by atoms with Crippen molar-refractivity contribution in [1.82, 2.24) is 5.32 Å². The first-order valence-corrected chi connectivity index (χ1v) is 6.57. The minimum atomic E-state index is -1.11. The van der Waals surface area contributed by atoms with Crippen molar-refractivity contribution in [1.29, 1.82) is 0 Å². The molecular weight excluding hydrogens is 264 g/mol. The van der Waals surface area contributed by atoms with Crippen LogP contribution >= 0.6 is 0 Å². The highest BCUT2D eigenvalue weighted by atomic mass is 16.6. The molecule has 7 nitrogen and oxygen atoms in total. The van der Waals surface area contributed by atoms with Crippen molar-refractivity contribution in [2.24, 2.45) is 5.73 Å². The average Bonchev–Trinajstić information content (AvgIpc) is 2.29. The monoisotopic (exact) mass is 288 g/mol. The van der Waals surface area contributed by atoms with Crippen molar-refractivity contribution >= 4 is 17.8 Å². The van der Waals surface area contributed by atoms with E-state index >= 15 is 0 Å². The zero-order valence-corrected chi connectivity index (χ0v) is 12.4. The Hall–Kier alpha value is -1.63. The lowest BCUT2D eigenvalue weighted by Crippen LogP contribution is -2.48. The minimum absolute atomic E-state index is 0.00964. The number of hydrogen-bond acceptors (Lipinski definition) is 5. The van der Waals surface area contributed by atoms with Crippen molar-refractivity contribution in [3.8, 4) is 0 Å². The summed E-state index contributed by atoms with van der Waals surface area (Å²) in [5.74, 6) is -2.13. The van der Waals surface area contributed by atoms with E-state index in [0.717, 1.165) is 0 Å². The van der Waals surface area contributed by atoms with E-state index in [2.05, 4.69) is 5.32 Å². The highest BCUT2D eigenvalue weighted by Gasteiger charge is 2.23. The molecule has 20 heavy (non-hydrogen) atoms. The first-order chi connectivity index (χ1) is 9.06. The fourth-order valence-corrected chi connectivity index (χ4v) is 1.41. The quantitative estimate of drug-likeness (QED) is 0.584. The Bertz CT molecular complexity index is 362. The van der Waals surface area contributed by atoms with Crippen molar-refractivity contribution in [2.75, 3.05) is 0 Å². The van der Waals surface area contributed by atoms with Gasteiger partial charge >= 0.3 is 11.9 Å². The van der Waals surface area contributed by atoms with E-state index in [0.29, 0.717) is 0 Å². The number of nitrogens with two attached hydrogens (primary N) is 1. The molecule has 0 aromatic heterocycles. The van der Waals surface area contributed by atoms with Crippen LogP contribution in [-0.2, 0) is 19.1 Å². The number of esters is 1. The Kier molecular flexibility index (Phi) is 7.20. The molecule has 0 fully saturated rings. The van der Waals surface area contributed by atoms with Crippen molar-refractivity contribution in [2.45, 2.75) is 64.6 Å². The molecule has 2 atom stereocenters. The summed E-state index contributed by atoms with van der Waals surface area (Å²) in [5, 5.41) is 11.1. The molecule has 0 bridgehead atoms. The molecule has 0 spiro atoms. The largest absolute Gasteiger partial charge is 0.480 e. The Morgan fingerprint density at radius 3 is 2.25 bits per heavy atom. The van der Waals surface area contributed by atoms with E-state index in [1.54, 1.807) is 27.7 Å². The van der Waals surface area contributed by atoms with Crippen LogP contribution in [0, 0.1) is 0 Å². The first-order valence-electron chi connectivity index (χ1n) is 6.57. The van der Waals surface area contributed by atoms with Gasteiger partial charge in [0.2, 0.25) is 5.91 Å². The van der Waals surface area contributed by atoms with Gasteiger partial charge in [-0.1, -0.05) is 6.92 Å². The van der Waals surface area contributed by atoms with Crippen LogP contribution in [0.15, 0.2) is 0 Å². The molecule has 4 N–H and O–H groups in total. The Balaban J connectivity index is 4.21. The molecule has 116 valence electrons. The van der Waals surface area contributed by atoms with Crippen LogP contribution in [0.4, 0.5) is 0 Å². The van der Waals surface area contributed by atoms with E-state index in [1.807, 2.05) is 0 Å². The summed E-state index contributed by atoms with van der Waals surface area (Å²) < 4.78 is 5.09. The molecule has 0 aliphatic heterocycles. The maximum absolute atomic E-state index is 11.7. The second-order valence-corrected chi connectivity index (χ2v) is 5.54. The van der Waals surface area contributed by atoms with Crippen LogP contribution in [0.2, 0.25) is 0 Å². The third-order valence-corrected chi connectivity index (χ3v) is 2.44. The highest BCUT2D eigenvalue weighted by molar-refractivity contribution is 5.87. The molecule has 0 saturated heterocycles. The van der Waals surface area contributed by atoms with Crippen LogP contribution < -0.4 is 11.1 Å². The predicted octanol–water partition coefficient (Wildman–Crippen LogP) is 0.415. The number of nitrogens with one attached hydrogen (secondary N) is 1. The summed E-state index contributed by atoms with van der Waals surface area (Å²) in [6, 6.07) is -1.90. The zero-order chi connectivity index (χ0) is 15.9. The number of carboxylic acids is 1. The maximum Gasteiger partial charge on any atom is 0.326 e. The summed E-state index contributed by atoms with van der Waals surface area (Å²) in [6.45, 7) is 6.88. The number of amides is 1. The van der Waals surface area contributed by atoms with Crippen LogP contribution in [0.1, 0.15) is 47.0 Å². The summed E-state index contributed by atoms with van der Waals surface area (Å²) in [6.07, 6.45) is 0.381. The topological polar surface area (TPSA) is 119 Å². The number of rotatable bonds is 7. The van der Waals surface area contributed by atoms with Crippen molar-refractivity contribution in [3.63, 3.8) is 0 Å². The molecule has 0 rings (SSSR count).